The summed E-state index contributed by atoms with van der Waals surface area (Å²) in [4.78, 5) is 26.2. The number of non-ortho nitro benzene ring substituents is 1. The molecule has 0 bridgehead atoms. The first-order valence-electron chi connectivity index (χ1n) is 7.22. The van der Waals surface area contributed by atoms with E-state index in [1.54, 1.807) is 48.6 Å². The van der Waals surface area contributed by atoms with Crippen LogP contribution in [0.2, 0.25) is 5.02 Å². The van der Waals surface area contributed by atoms with Gasteiger partial charge in [-0.3, -0.25) is 10.1 Å². The van der Waals surface area contributed by atoms with Gasteiger partial charge in [0.05, 0.1) is 4.92 Å². The SMILES string of the molecule is O=C1OC(c2ccc(Cl)cc2)=N/C1=C\C=C\c1ccc([N+](=O)[O-])cc1. The Labute approximate surface area is 147 Å². The van der Waals surface area contributed by atoms with Gasteiger partial charge in [-0.2, -0.15) is 0 Å². The van der Waals surface area contributed by atoms with E-state index in [9.17, 15) is 14.9 Å². The fourth-order valence-electron chi connectivity index (χ4n) is 2.10. The van der Waals surface area contributed by atoms with Crippen molar-refractivity contribution in [2.45, 2.75) is 0 Å². The number of cyclic esters (lactones) is 1. The normalized spacial score (nSPS) is 15.5. The molecule has 0 amide bonds. The van der Waals surface area contributed by atoms with Crippen LogP contribution in [-0.2, 0) is 9.53 Å². The Morgan fingerprint density at radius 1 is 1.08 bits per heavy atom. The molecule has 1 aliphatic rings. The Balaban J connectivity index is 1.75. The number of nitrogens with zero attached hydrogens (tertiary/aromatic N) is 2. The molecule has 0 saturated carbocycles. The summed E-state index contributed by atoms with van der Waals surface area (Å²) in [5.41, 5.74) is 1.60. The van der Waals surface area contributed by atoms with E-state index in [0.717, 1.165) is 5.56 Å². The summed E-state index contributed by atoms with van der Waals surface area (Å²) in [7, 11) is 0. The van der Waals surface area contributed by atoms with Gasteiger partial charge in [0.1, 0.15) is 0 Å². The van der Waals surface area contributed by atoms with E-state index >= 15 is 0 Å². The first-order valence-corrected chi connectivity index (χ1v) is 7.60. The predicted octanol–water partition coefficient (Wildman–Crippen LogP) is 4.15. The number of carbonyl (C=O) groups excluding carboxylic acids is 1. The van der Waals surface area contributed by atoms with Gasteiger partial charge in [-0.1, -0.05) is 23.8 Å². The molecule has 0 N–H and O–H groups in total. The lowest BCUT2D eigenvalue weighted by atomic mass is 10.2. The highest BCUT2D eigenvalue weighted by Crippen LogP contribution is 2.19. The topological polar surface area (TPSA) is 81.8 Å². The standard InChI is InChI=1S/C18H11ClN2O4/c19-14-8-6-13(7-9-14)17-20-16(18(22)25-17)3-1-2-12-4-10-15(11-5-12)21(23)24/h1-11H/b2-1+,16-3-. The summed E-state index contributed by atoms with van der Waals surface area (Å²) in [6, 6.07) is 12.8. The van der Waals surface area contributed by atoms with E-state index in [-0.39, 0.29) is 17.3 Å². The Morgan fingerprint density at radius 2 is 1.76 bits per heavy atom. The van der Waals surface area contributed by atoms with Crippen molar-refractivity contribution in [1.82, 2.24) is 0 Å². The molecule has 3 rings (SSSR count). The number of nitro benzene ring substituents is 1. The zero-order chi connectivity index (χ0) is 17.8. The molecule has 1 heterocycles. The Bertz CT molecular complexity index is 913. The second-order valence-electron chi connectivity index (χ2n) is 5.07. The van der Waals surface area contributed by atoms with Crippen molar-refractivity contribution in [1.29, 1.82) is 0 Å². The number of aliphatic imine (C=N–C) groups is 1. The summed E-state index contributed by atoms with van der Waals surface area (Å²) in [6.07, 6.45) is 4.86. The van der Waals surface area contributed by atoms with Gasteiger partial charge in [-0.25, -0.2) is 9.79 Å². The van der Waals surface area contributed by atoms with E-state index in [4.69, 9.17) is 16.3 Å². The third-order valence-electron chi connectivity index (χ3n) is 3.36. The second kappa shape index (κ2) is 7.11. The van der Waals surface area contributed by atoms with Gasteiger partial charge in [-0.05, 0) is 48.0 Å². The molecular weight excluding hydrogens is 344 g/mol. The number of rotatable bonds is 4. The minimum absolute atomic E-state index is 0.0204. The van der Waals surface area contributed by atoms with Crippen LogP contribution >= 0.6 is 11.6 Å². The van der Waals surface area contributed by atoms with Crippen LogP contribution in [-0.4, -0.2) is 16.8 Å². The first kappa shape index (κ1) is 16.6. The van der Waals surface area contributed by atoms with Crippen LogP contribution in [0.3, 0.4) is 0 Å². The average Bonchev–Trinajstić information content (AvgIpc) is 2.97. The van der Waals surface area contributed by atoms with Crippen LogP contribution in [0, 0.1) is 10.1 Å². The number of halogens is 1. The van der Waals surface area contributed by atoms with E-state index in [0.29, 0.717) is 10.6 Å². The zero-order valence-corrected chi connectivity index (χ0v) is 13.5. The third-order valence-corrected chi connectivity index (χ3v) is 3.61. The van der Waals surface area contributed by atoms with Crippen LogP contribution in [0.15, 0.2) is 71.4 Å². The maximum absolute atomic E-state index is 11.8. The molecule has 0 atom stereocenters. The summed E-state index contributed by atoms with van der Waals surface area (Å²) >= 11 is 5.82. The van der Waals surface area contributed by atoms with E-state index in [1.165, 1.54) is 18.2 Å². The number of allylic oxidation sites excluding steroid dienone is 2. The smallest absolute Gasteiger partial charge is 0.363 e. The maximum atomic E-state index is 11.8. The maximum Gasteiger partial charge on any atom is 0.363 e. The monoisotopic (exact) mass is 354 g/mol. The quantitative estimate of drug-likeness (QED) is 0.357. The van der Waals surface area contributed by atoms with Gasteiger partial charge in [0.25, 0.3) is 5.69 Å². The fraction of sp³-hybridized carbons (Fsp3) is 0. The van der Waals surface area contributed by atoms with Crippen molar-refractivity contribution in [2.24, 2.45) is 4.99 Å². The Kier molecular flexibility index (Phi) is 4.72. The van der Waals surface area contributed by atoms with E-state index in [1.807, 2.05) is 0 Å². The van der Waals surface area contributed by atoms with E-state index in [2.05, 4.69) is 4.99 Å². The molecule has 2 aromatic carbocycles. The highest BCUT2D eigenvalue weighted by atomic mass is 35.5. The number of hydrogen-bond donors (Lipinski definition) is 0. The van der Waals surface area contributed by atoms with Gasteiger partial charge in [-0.15, -0.1) is 0 Å². The van der Waals surface area contributed by atoms with Crippen LogP contribution in [0.5, 0.6) is 0 Å². The molecule has 124 valence electrons. The molecule has 0 aromatic heterocycles. The number of hydrogen-bond acceptors (Lipinski definition) is 5. The molecule has 0 radical (unpaired) electrons. The highest BCUT2D eigenvalue weighted by Gasteiger charge is 2.23. The highest BCUT2D eigenvalue weighted by molar-refractivity contribution is 6.30. The predicted molar refractivity (Wildman–Crippen MR) is 94.3 cm³/mol. The summed E-state index contributed by atoms with van der Waals surface area (Å²) in [5, 5.41) is 11.2. The number of esters is 1. The average molecular weight is 355 g/mol. The molecule has 0 unspecified atom stereocenters. The molecule has 0 saturated heterocycles. The summed E-state index contributed by atoms with van der Waals surface area (Å²) in [5.74, 6) is -0.324. The molecule has 6 nitrogen and oxygen atoms in total. The number of ether oxygens (including phenoxy) is 1. The van der Waals surface area contributed by atoms with Crippen molar-refractivity contribution in [3.05, 3.63) is 92.6 Å². The Hall–Kier alpha value is -3.25. The van der Waals surface area contributed by atoms with Crippen LogP contribution in [0.25, 0.3) is 6.08 Å². The lowest BCUT2D eigenvalue weighted by molar-refractivity contribution is -0.384. The molecule has 7 heteroatoms. The van der Waals surface area contributed by atoms with Crippen molar-refractivity contribution in [2.75, 3.05) is 0 Å². The van der Waals surface area contributed by atoms with Crippen molar-refractivity contribution >= 4 is 35.2 Å². The van der Waals surface area contributed by atoms with E-state index < -0.39 is 10.9 Å². The van der Waals surface area contributed by atoms with Gasteiger partial charge in [0.15, 0.2) is 5.70 Å². The molecule has 2 aromatic rings. The van der Waals surface area contributed by atoms with Crippen molar-refractivity contribution < 1.29 is 14.5 Å². The molecule has 1 aliphatic heterocycles. The first-order chi connectivity index (χ1) is 12.0. The fourth-order valence-corrected chi connectivity index (χ4v) is 2.22. The van der Waals surface area contributed by atoms with Gasteiger partial charge < -0.3 is 4.74 Å². The molecule has 0 aliphatic carbocycles. The largest absolute Gasteiger partial charge is 0.402 e. The lowest BCUT2D eigenvalue weighted by Crippen LogP contribution is -2.04. The molecule has 0 fully saturated rings. The molecule has 0 spiro atoms. The van der Waals surface area contributed by atoms with Crippen LogP contribution in [0.1, 0.15) is 11.1 Å². The Morgan fingerprint density at radius 3 is 2.40 bits per heavy atom. The van der Waals surface area contributed by atoms with Gasteiger partial charge in [0.2, 0.25) is 5.90 Å². The minimum Gasteiger partial charge on any atom is -0.402 e. The lowest BCUT2D eigenvalue weighted by Gasteiger charge is -1.98. The van der Waals surface area contributed by atoms with Crippen LogP contribution in [0.4, 0.5) is 5.69 Å². The second-order valence-corrected chi connectivity index (χ2v) is 5.51. The minimum atomic E-state index is -0.543. The number of carbonyl (C=O) groups is 1. The third kappa shape index (κ3) is 3.99. The summed E-state index contributed by atoms with van der Waals surface area (Å²) < 4.78 is 5.14. The van der Waals surface area contributed by atoms with Crippen molar-refractivity contribution in [3.8, 4) is 0 Å². The van der Waals surface area contributed by atoms with Gasteiger partial charge >= 0.3 is 5.97 Å². The summed E-state index contributed by atoms with van der Waals surface area (Å²) in [6.45, 7) is 0. The number of benzene rings is 2. The zero-order valence-electron chi connectivity index (χ0n) is 12.8. The van der Waals surface area contributed by atoms with Crippen LogP contribution < -0.4 is 0 Å². The number of nitro groups is 1. The van der Waals surface area contributed by atoms with Gasteiger partial charge in [0, 0.05) is 22.7 Å². The molecular formula is C18H11ClN2O4. The molecule has 25 heavy (non-hydrogen) atoms. The van der Waals surface area contributed by atoms with Crippen molar-refractivity contribution in [3.63, 3.8) is 0 Å².